The van der Waals surface area contributed by atoms with Crippen LogP contribution in [-0.4, -0.2) is 35.1 Å². The van der Waals surface area contributed by atoms with Gasteiger partial charge in [-0.3, -0.25) is 4.79 Å². The van der Waals surface area contributed by atoms with Gasteiger partial charge in [0.2, 0.25) is 0 Å². The lowest BCUT2D eigenvalue weighted by atomic mass is 9.99. The van der Waals surface area contributed by atoms with Gasteiger partial charge in [0, 0.05) is 13.1 Å². The summed E-state index contributed by atoms with van der Waals surface area (Å²) < 4.78 is 6.05. The number of carbonyl (C=O) groups excluding carboxylic acids is 1. The Balaban J connectivity index is 1.68. The van der Waals surface area contributed by atoms with Crippen molar-refractivity contribution in [3.63, 3.8) is 0 Å². The van der Waals surface area contributed by atoms with E-state index in [1.807, 2.05) is 55.5 Å². The van der Waals surface area contributed by atoms with E-state index >= 15 is 0 Å². The van der Waals surface area contributed by atoms with Gasteiger partial charge in [-0.25, -0.2) is 4.79 Å². The summed E-state index contributed by atoms with van der Waals surface area (Å²) >= 11 is 0. The molecule has 2 aromatic carbocycles. The molecule has 0 aromatic heterocycles. The van der Waals surface area contributed by atoms with Crippen LogP contribution in [-0.2, 0) is 4.79 Å². The number of benzene rings is 2. The number of ether oxygens (including phenoxy) is 1. The first-order valence-electron chi connectivity index (χ1n) is 9.14. The van der Waals surface area contributed by atoms with Crippen LogP contribution in [0.3, 0.4) is 0 Å². The molecule has 1 fully saturated rings. The zero-order valence-electron chi connectivity index (χ0n) is 15.3. The summed E-state index contributed by atoms with van der Waals surface area (Å²) in [6.45, 7) is 2.74. The number of amides is 2. The number of piperidine rings is 1. The number of hydrogen-bond donors (Lipinski definition) is 2. The van der Waals surface area contributed by atoms with Crippen LogP contribution in [0.1, 0.15) is 31.4 Å². The minimum atomic E-state index is -0.854. The summed E-state index contributed by atoms with van der Waals surface area (Å²) in [5, 5.41) is 12.1. The number of rotatable bonds is 5. The summed E-state index contributed by atoms with van der Waals surface area (Å²) in [5.74, 6) is -0.781. The summed E-state index contributed by atoms with van der Waals surface area (Å²) in [4.78, 5) is 25.4. The summed E-state index contributed by atoms with van der Waals surface area (Å²) in [6, 6.07) is 16.8. The molecular formula is C21H24N2O4. The minimum Gasteiger partial charge on any atom is -0.484 e. The third-order valence-corrected chi connectivity index (χ3v) is 4.76. The Hall–Kier alpha value is -3.02. The Kier molecular flexibility index (Phi) is 5.96. The molecule has 6 heteroatoms. The van der Waals surface area contributed by atoms with Crippen molar-refractivity contribution in [3.8, 4) is 5.75 Å². The van der Waals surface area contributed by atoms with Gasteiger partial charge in [0.1, 0.15) is 11.9 Å². The van der Waals surface area contributed by atoms with Gasteiger partial charge in [0.15, 0.2) is 0 Å². The van der Waals surface area contributed by atoms with Crippen LogP contribution < -0.4 is 10.1 Å². The normalized spacial score (nSPS) is 17.8. The molecule has 2 aromatic rings. The van der Waals surface area contributed by atoms with E-state index < -0.39 is 11.9 Å². The van der Waals surface area contributed by atoms with Gasteiger partial charge in [-0.15, -0.1) is 0 Å². The van der Waals surface area contributed by atoms with E-state index in [0.29, 0.717) is 30.8 Å². The van der Waals surface area contributed by atoms with E-state index in [1.54, 1.807) is 11.0 Å². The average Bonchev–Trinajstić information content (AvgIpc) is 2.70. The van der Waals surface area contributed by atoms with Gasteiger partial charge in [-0.1, -0.05) is 42.5 Å². The van der Waals surface area contributed by atoms with Crippen LogP contribution in [0.4, 0.5) is 10.5 Å². The number of urea groups is 1. The number of aliphatic carboxylic acids is 1. The second-order valence-electron chi connectivity index (χ2n) is 6.72. The molecule has 2 N–H and O–H groups in total. The van der Waals surface area contributed by atoms with Crippen molar-refractivity contribution in [1.82, 2.24) is 4.90 Å². The van der Waals surface area contributed by atoms with Crippen molar-refractivity contribution < 1.29 is 19.4 Å². The van der Waals surface area contributed by atoms with Gasteiger partial charge >= 0.3 is 12.0 Å². The van der Waals surface area contributed by atoms with E-state index in [0.717, 1.165) is 5.56 Å². The Morgan fingerprint density at radius 3 is 2.59 bits per heavy atom. The number of likely N-dealkylation sites (tertiary alicyclic amines) is 1. The van der Waals surface area contributed by atoms with E-state index in [-0.39, 0.29) is 18.7 Å². The number of para-hydroxylation sites is 2. The number of nitrogens with zero attached hydrogens (tertiary/aromatic N) is 1. The Morgan fingerprint density at radius 2 is 1.85 bits per heavy atom. The molecule has 1 heterocycles. The molecule has 27 heavy (non-hydrogen) atoms. The number of carboxylic acid groups (broad SMARTS) is 1. The van der Waals surface area contributed by atoms with Crippen molar-refractivity contribution in [2.45, 2.75) is 25.9 Å². The van der Waals surface area contributed by atoms with Gasteiger partial charge < -0.3 is 20.1 Å². The molecule has 1 aliphatic rings. The molecule has 1 aliphatic heterocycles. The standard InChI is InChI=1S/C21H24N2O4/c1-15(16-8-3-2-4-9-16)27-19-12-6-5-11-18(19)22-21(26)23-13-7-10-17(14-23)20(24)25/h2-6,8-9,11-12,15,17H,7,10,13-14H2,1H3,(H,22,26)(H,24,25). The highest BCUT2D eigenvalue weighted by molar-refractivity contribution is 5.91. The van der Waals surface area contributed by atoms with E-state index in [1.165, 1.54) is 0 Å². The second kappa shape index (κ2) is 8.58. The van der Waals surface area contributed by atoms with Gasteiger partial charge in [-0.2, -0.15) is 0 Å². The topological polar surface area (TPSA) is 78.9 Å². The van der Waals surface area contributed by atoms with Crippen LogP contribution >= 0.6 is 0 Å². The molecule has 0 bridgehead atoms. The lowest BCUT2D eigenvalue weighted by Gasteiger charge is -2.31. The fourth-order valence-corrected chi connectivity index (χ4v) is 3.21. The Labute approximate surface area is 158 Å². The average molecular weight is 368 g/mol. The SMILES string of the molecule is CC(Oc1ccccc1NC(=O)N1CCCC(C(=O)O)C1)c1ccccc1. The maximum atomic E-state index is 12.6. The van der Waals surface area contributed by atoms with E-state index in [9.17, 15) is 14.7 Å². The molecule has 6 nitrogen and oxygen atoms in total. The number of carbonyl (C=O) groups is 2. The summed E-state index contributed by atoms with van der Waals surface area (Å²) in [6.07, 6.45) is 1.12. The van der Waals surface area contributed by atoms with Gasteiger partial charge in [0.25, 0.3) is 0 Å². The number of carboxylic acids is 1. The maximum Gasteiger partial charge on any atom is 0.321 e. The highest BCUT2D eigenvalue weighted by Crippen LogP contribution is 2.29. The van der Waals surface area contributed by atoms with Gasteiger partial charge in [-0.05, 0) is 37.5 Å². The Morgan fingerprint density at radius 1 is 1.15 bits per heavy atom. The third-order valence-electron chi connectivity index (χ3n) is 4.76. The predicted molar refractivity (Wildman–Crippen MR) is 103 cm³/mol. The molecule has 142 valence electrons. The lowest BCUT2D eigenvalue weighted by Crippen LogP contribution is -2.44. The first-order chi connectivity index (χ1) is 13.0. The second-order valence-corrected chi connectivity index (χ2v) is 6.72. The molecule has 0 spiro atoms. The molecule has 3 rings (SSSR count). The first kappa shape index (κ1) is 18.8. The zero-order chi connectivity index (χ0) is 19.2. The van der Waals surface area contributed by atoms with Crippen molar-refractivity contribution in [2.24, 2.45) is 5.92 Å². The van der Waals surface area contributed by atoms with Crippen LogP contribution in [0, 0.1) is 5.92 Å². The quantitative estimate of drug-likeness (QED) is 0.831. The molecule has 1 saturated heterocycles. The molecule has 2 unspecified atom stereocenters. The van der Waals surface area contributed by atoms with Crippen molar-refractivity contribution in [2.75, 3.05) is 18.4 Å². The third kappa shape index (κ3) is 4.78. The van der Waals surface area contributed by atoms with Crippen LogP contribution in [0.5, 0.6) is 5.75 Å². The fraction of sp³-hybridized carbons (Fsp3) is 0.333. The van der Waals surface area contributed by atoms with Crippen molar-refractivity contribution >= 4 is 17.7 Å². The van der Waals surface area contributed by atoms with E-state index in [2.05, 4.69) is 5.32 Å². The molecule has 0 radical (unpaired) electrons. The van der Waals surface area contributed by atoms with Crippen LogP contribution in [0.25, 0.3) is 0 Å². The van der Waals surface area contributed by atoms with Crippen LogP contribution in [0.2, 0.25) is 0 Å². The molecule has 2 amide bonds. The summed E-state index contributed by atoms with van der Waals surface area (Å²) in [7, 11) is 0. The smallest absolute Gasteiger partial charge is 0.321 e. The summed E-state index contributed by atoms with van der Waals surface area (Å²) in [5.41, 5.74) is 1.61. The van der Waals surface area contributed by atoms with Crippen molar-refractivity contribution in [1.29, 1.82) is 0 Å². The monoisotopic (exact) mass is 368 g/mol. The number of hydrogen-bond acceptors (Lipinski definition) is 3. The zero-order valence-corrected chi connectivity index (χ0v) is 15.3. The van der Waals surface area contributed by atoms with Crippen molar-refractivity contribution in [3.05, 3.63) is 60.2 Å². The largest absolute Gasteiger partial charge is 0.484 e. The lowest BCUT2D eigenvalue weighted by molar-refractivity contribution is -0.143. The molecule has 0 saturated carbocycles. The Bertz CT molecular complexity index is 794. The highest BCUT2D eigenvalue weighted by atomic mass is 16.5. The molecular weight excluding hydrogens is 344 g/mol. The number of nitrogens with one attached hydrogen (secondary N) is 1. The minimum absolute atomic E-state index is 0.171. The fourth-order valence-electron chi connectivity index (χ4n) is 3.21. The maximum absolute atomic E-state index is 12.6. The number of anilines is 1. The first-order valence-corrected chi connectivity index (χ1v) is 9.14. The molecule has 2 atom stereocenters. The highest BCUT2D eigenvalue weighted by Gasteiger charge is 2.28. The molecule has 0 aliphatic carbocycles. The predicted octanol–water partition coefficient (Wildman–Crippen LogP) is 4.16. The van der Waals surface area contributed by atoms with Crippen LogP contribution in [0.15, 0.2) is 54.6 Å². The van der Waals surface area contributed by atoms with Gasteiger partial charge in [0.05, 0.1) is 11.6 Å². The van der Waals surface area contributed by atoms with E-state index in [4.69, 9.17) is 4.74 Å².